The number of hydrogen-bond donors (Lipinski definition) is 2. The molecular weight excluding hydrogens is 418 g/mol. The second-order valence-electron chi connectivity index (χ2n) is 7.81. The van der Waals surface area contributed by atoms with Crippen LogP contribution >= 0.6 is 0 Å². The summed E-state index contributed by atoms with van der Waals surface area (Å²) in [7, 11) is 0. The third-order valence-electron chi connectivity index (χ3n) is 5.82. The molecular formula is C27H23NO5. The lowest BCUT2D eigenvalue weighted by molar-refractivity contribution is -0.149. The lowest BCUT2D eigenvalue weighted by atomic mass is 9.77. The lowest BCUT2D eigenvalue weighted by Crippen LogP contribution is -2.59. The van der Waals surface area contributed by atoms with E-state index in [1.54, 1.807) is 60.7 Å². The third kappa shape index (κ3) is 4.41. The van der Waals surface area contributed by atoms with E-state index in [9.17, 15) is 19.5 Å². The molecule has 1 aliphatic rings. The Labute approximate surface area is 191 Å². The van der Waals surface area contributed by atoms with E-state index < -0.39 is 29.3 Å². The molecule has 4 rings (SSSR count). The van der Waals surface area contributed by atoms with Crippen LogP contribution in [0.5, 0.6) is 0 Å². The number of carbonyl (C=O) groups excluding carboxylic acids is 2. The molecule has 6 heteroatoms. The van der Waals surface area contributed by atoms with Crippen molar-refractivity contribution in [2.45, 2.75) is 24.5 Å². The number of aliphatic carboxylic acids is 1. The van der Waals surface area contributed by atoms with Gasteiger partial charge in [-0.2, -0.15) is 0 Å². The molecule has 2 atom stereocenters. The normalized spacial score (nSPS) is 19.4. The van der Waals surface area contributed by atoms with Crippen molar-refractivity contribution < 1.29 is 24.2 Å². The molecule has 0 saturated heterocycles. The summed E-state index contributed by atoms with van der Waals surface area (Å²) in [5.74, 6) is -3.35. The molecule has 0 saturated carbocycles. The fourth-order valence-electron chi connectivity index (χ4n) is 4.19. The van der Waals surface area contributed by atoms with Crippen LogP contribution in [0, 0.1) is 0 Å². The number of esters is 1. The van der Waals surface area contributed by atoms with Crippen LogP contribution in [0.15, 0.2) is 103 Å². The number of nitrogens with one attached hydrogen (secondary N) is 1. The van der Waals surface area contributed by atoms with Crippen molar-refractivity contribution in [2.24, 2.45) is 0 Å². The molecule has 3 aromatic rings. The van der Waals surface area contributed by atoms with E-state index in [4.69, 9.17) is 4.74 Å². The Kier molecular flexibility index (Phi) is 6.36. The predicted molar refractivity (Wildman–Crippen MR) is 122 cm³/mol. The molecule has 0 unspecified atom stereocenters. The van der Waals surface area contributed by atoms with Gasteiger partial charge in [0.05, 0.1) is 5.57 Å². The van der Waals surface area contributed by atoms with Crippen LogP contribution in [0.3, 0.4) is 0 Å². The Bertz CT molecular complexity index is 1170. The monoisotopic (exact) mass is 441 g/mol. The zero-order valence-electron chi connectivity index (χ0n) is 17.8. The molecule has 3 aromatic carbocycles. The smallest absolute Gasteiger partial charge is 0.337 e. The maximum atomic E-state index is 13.1. The van der Waals surface area contributed by atoms with Crippen LogP contribution in [-0.4, -0.2) is 28.5 Å². The molecule has 6 nitrogen and oxygen atoms in total. The van der Waals surface area contributed by atoms with E-state index in [2.05, 4.69) is 5.32 Å². The van der Waals surface area contributed by atoms with Gasteiger partial charge in [-0.1, -0.05) is 84.9 Å². The molecule has 0 heterocycles. The van der Waals surface area contributed by atoms with E-state index in [1.165, 1.54) is 0 Å². The summed E-state index contributed by atoms with van der Waals surface area (Å²) in [5, 5.41) is 13.1. The first-order valence-corrected chi connectivity index (χ1v) is 10.6. The van der Waals surface area contributed by atoms with Crippen LogP contribution < -0.4 is 5.32 Å². The molecule has 0 fully saturated rings. The van der Waals surface area contributed by atoms with Gasteiger partial charge in [0.2, 0.25) is 0 Å². The molecule has 0 bridgehead atoms. The minimum atomic E-state index is -1.97. The molecule has 1 amide bonds. The van der Waals surface area contributed by atoms with Crippen molar-refractivity contribution in [3.63, 3.8) is 0 Å². The molecule has 0 aliphatic heterocycles. The Morgan fingerprint density at radius 3 is 2.06 bits per heavy atom. The van der Waals surface area contributed by atoms with Crippen molar-refractivity contribution >= 4 is 17.8 Å². The number of carbonyl (C=O) groups is 3. The molecule has 33 heavy (non-hydrogen) atoms. The zero-order chi connectivity index (χ0) is 23.3. The lowest BCUT2D eigenvalue weighted by Gasteiger charge is -2.34. The zero-order valence-corrected chi connectivity index (χ0v) is 17.8. The van der Waals surface area contributed by atoms with Gasteiger partial charge < -0.3 is 15.2 Å². The summed E-state index contributed by atoms with van der Waals surface area (Å²) >= 11 is 0. The Balaban J connectivity index is 1.70. The highest BCUT2D eigenvalue weighted by Crippen LogP contribution is 2.44. The molecule has 1 aliphatic carbocycles. The van der Waals surface area contributed by atoms with Crippen LogP contribution in [0.25, 0.3) is 0 Å². The number of carboxylic acids is 1. The van der Waals surface area contributed by atoms with Crippen molar-refractivity contribution in [1.82, 2.24) is 5.32 Å². The third-order valence-corrected chi connectivity index (χ3v) is 5.82. The van der Waals surface area contributed by atoms with Gasteiger partial charge in [-0.3, -0.25) is 4.79 Å². The van der Waals surface area contributed by atoms with Crippen LogP contribution in [0.1, 0.15) is 33.8 Å². The maximum Gasteiger partial charge on any atom is 0.337 e. The summed E-state index contributed by atoms with van der Waals surface area (Å²) in [5.41, 5.74) is -0.270. The predicted octanol–water partition coefficient (Wildman–Crippen LogP) is 4.10. The van der Waals surface area contributed by atoms with Gasteiger partial charge >= 0.3 is 11.9 Å². The van der Waals surface area contributed by atoms with Crippen molar-refractivity contribution in [1.29, 1.82) is 0 Å². The topological polar surface area (TPSA) is 92.7 Å². The summed E-state index contributed by atoms with van der Waals surface area (Å²) < 4.78 is 5.47. The van der Waals surface area contributed by atoms with Gasteiger partial charge in [-0.15, -0.1) is 0 Å². The number of carboxylic acid groups (broad SMARTS) is 1. The van der Waals surface area contributed by atoms with Crippen molar-refractivity contribution in [2.75, 3.05) is 0 Å². The SMILES string of the molecule is O=C(OCc1ccccc1)C1=CC[C@@H](c2ccccc2)[C@]1(NC(=O)c1ccccc1)C(=O)O. The highest BCUT2D eigenvalue weighted by molar-refractivity contribution is 6.07. The van der Waals surface area contributed by atoms with Crippen molar-refractivity contribution in [3.05, 3.63) is 119 Å². The Morgan fingerprint density at radius 2 is 1.45 bits per heavy atom. The second-order valence-corrected chi connectivity index (χ2v) is 7.81. The average Bonchev–Trinajstić information content (AvgIpc) is 3.24. The van der Waals surface area contributed by atoms with Crippen LogP contribution in [0.2, 0.25) is 0 Å². The van der Waals surface area contributed by atoms with Gasteiger partial charge in [-0.25, -0.2) is 9.59 Å². The van der Waals surface area contributed by atoms with Gasteiger partial charge in [0.15, 0.2) is 5.54 Å². The minimum absolute atomic E-state index is 0.00462. The van der Waals surface area contributed by atoms with Crippen molar-refractivity contribution in [3.8, 4) is 0 Å². The molecule has 0 spiro atoms. The van der Waals surface area contributed by atoms with Crippen LogP contribution in [0.4, 0.5) is 0 Å². The number of benzene rings is 3. The minimum Gasteiger partial charge on any atom is -0.479 e. The Morgan fingerprint density at radius 1 is 0.879 bits per heavy atom. The van der Waals surface area contributed by atoms with E-state index in [-0.39, 0.29) is 18.6 Å². The van der Waals surface area contributed by atoms with E-state index in [0.29, 0.717) is 11.1 Å². The summed E-state index contributed by atoms with van der Waals surface area (Å²) in [6, 6.07) is 26.5. The van der Waals surface area contributed by atoms with E-state index in [1.807, 2.05) is 36.4 Å². The number of ether oxygens (including phenoxy) is 1. The van der Waals surface area contributed by atoms with Gasteiger partial charge in [0.1, 0.15) is 6.61 Å². The fraction of sp³-hybridized carbons (Fsp3) is 0.148. The van der Waals surface area contributed by atoms with E-state index in [0.717, 1.165) is 5.56 Å². The number of rotatable bonds is 7. The molecule has 0 aromatic heterocycles. The van der Waals surface area contributed by atoms with Gasteiger partial charge in [0, 0.05) is 11.5 Å². The maximum absolute atomic E-state index is 13.1. The molecule has 166 valence electrons. The van der Waals surface area contributed by atoms with E-state index >= 15 is 0 Å². The second kappa shape index (κ2) is 9.53. The summed E-state index contributed by atoms with van der Waals surface area (Å²) in [4.78, 5) is 39.0. The van der Waals surface area contributed by atoms with Gasteiger partial charge in [-0.05, 0) is 29.7 Å². The highest BCUT2D eigenvalue weighted by Gasteiger charge is 2.56. The summed E-state index contributed by atoms with van der Waals surface area (Å²) in [6.45, 7) is -0.00462. The summed E-state index contributed by atoms with van der Waals surface area (Å²) in [6.07, 6.45) is 1.82. The highest BCUT2D eigenvalue weighted by atomic mass is 16.5. The molecule has 0 radical (unpaired) electrons. The number of amides is 1. The molecule has 2 N–H and O–H groups in total. The number of allylic oxidation sites excluding steroid dienone is 1. The standard InChI is InChI=1S/C27H23NO5/c29-24(21-14-8-3-9-15-21)28-27(26(31)32)22(20-12-6-2-7-13-20)16-17-23(27)25(30)33-18-19-10-4-1-5-11-19/h1-15,17,22H,16,18H2,(H,28,29)(H,31,32)/t22-,27+/m0/s1. The first-order chi connectivity index (χ1) is 16.0. The first kappa shape index (κ1) is 22.0. The van der Waals surface area contributed by atoms with Crippen LogP contribution in [-0.2, 0) is 20.9 Å². The average molecular weight is 441 g/mol. The quantitative estimate of drug-likeness (QED) is 0.539. The first-order valence-electron chi connectivity index (χ1n) is 10.6. The largest absolute Gasteiger partial charge is 0.479 e. The Hall–Kier alpha value is -4.19. The van der Waals surface area contributed by atoms with Gasteiger partial charge in [0.25, 0.3) is 5.91 Å². The number of hydrogen-bond acceptors (Lipinski definition) is 4. The fourth-order valence-corrected chi connectivity index (χ4v) is 4.19.